The van der Waals surface area contributed by atoms with Gasteiger partial charge in [-0.15, -0.1) is 0 Å². The molecule has 0 spiro atoms. The molecule has 1 heterocycles. The predicted molar refractivity (Wildman–Crippen MR) is 110 cm³/mol. The lowest BCUT2D eigenvalue weighted by molar-refractivity contribution is -0.151. The molecule has 1 atom stereocenters. The van der Waals surface area contributed by atoms with E-state index >= 15 is 0 Å². The molecule has 146 valence electrons. The highest BCUT2D eigenvalue weighted by atomic mass is 16.6. The highest BCUT2D eigenvalue weighted by Crippen LogP contribution is 2.31. The average molecular weight is 379 g/mol. The summed E-state index contributed by atoms with van der Waals surface area (Å²) in [5, 5.41) is 0.972. The number of para-hydroxylation sites is 1. The lowest BCUT2D eigenvalue weighted by atomic mass is 10.2. The minimum Gasteiger partial charge on any atom is -0.479 e. The van der Waals surface area contributed by atoms with Crippen molar-refractivity contribution >= 4 is 28.4 Å². The lowest BCUT2D eigenvalue weighted by Gasteiger charge is -2.22. The van der Waals surface area contributed by atoms with E-state index in [1.165, 1.54) is 0 Å². The van der Waals surface area contributed by atoms with Crippen LogP contribution in [0.5, 0.6) is 5.75 Å². The van der Waals surface area contributed by atoms with Gasteiger partial charge in [0.25, 0.3) is 0 Å². The van der Waals surface area contributed by atoms with Crippen molar-refractivity contribution in [2.75, 3.05) is 18.6 Å². The maximum Gasteiger partial charge on any atom is 0.347 e. The van der Waals surface area contributed by atoms with Gasteiger partial charge >= 0.3 is 5.97 Å². The number of fused-ring (bicyclic) bond motifs is 1. The quantitative estimate of drug-likeness (QED) is 0.566. The molecule has 0 bridgehead atoms. The Kier molecular flexibility index (Phi) is 6.09. The molecule has 3 rings (SSSR count). The van der Waals surface area contributed by atoms with Gasteiger partial charge in [-0.3, -0.25) is 0 Å². The normalized spacial score (nSPS) is 11.9. The molecule has 28 heavy (non-hydrogen) atoms. The number of carbonyl (C=O) groups is 1. The number of rotatable bonds is 7. The standard InChI is InChI=1S/C22H25N3O3/c1-5-20(22(26)27-6-2)28-17-11-9-10-16(14-17)25(4)21-18-12-7-8-13-19(18)23-15(3)24-21/h7-14,20H,5-6H2,1-4H3. The first-order chi connectivity index (χ1) is 13.5. The van der Waals surface area contributed by atoms with Crippen LogP contribution in [0.2, 0.25) is 0 Å². The summed E-state index contributed by atoms with van der Waals surface area (Å²) >= 11 is 0. The summed E-state index contributed by atoms with van der Waals surface area (Å²) < 4.78 is 11.0. The monoisotopic (exact) mass is 379 g/mol. The number of hydrogen-bond acceptors (Lipinski definition) is 6. The van der Waals surface area contributed by atoms with Crippen LogP contribution in [-0.4, -0.2) is 35.7 Å². The van der Waals surface area contributed by atoms with Crippen LogP contribution in [0.4, 0.5) is 11.5 Å². The summed E-state index contributed by atoms with van der Waals surface area (Å²) in [6.07, 6.45) is -0.0862. The van der Waals surface area contributed by atoms with Gasteiger partial charge < -0.3 is 14.4 Å². The van der Waals surface area contributed by atoms with Gasteiger partial charge in [0.05, 0.1) is 12.1 Å². The van der Waals surface area contributed by atoms with Crippen molar-refractivity contribution < 1.29 is 14.3 Å². The summed E-state index contributed by atoms with van der Waals surface area (Å²) in [4.78, 5) is 23.2. The van der Waals surface area contributed by atoms with Crippen molar-refractivity contribution in [1.29, 1.82) is 0 Å². The molecule has 0 aliphatic carbocycles. The second-order valence-corrected chi connectivity index (χ2v) is 6.43. The molecule has 0 radical (unpaired) electrons. The number of aryl methyl sites for hydroxylation is 1. The first-order valence-electron chi connectivity index (χ1n) is 9.44. The molecular weight excluding hydrogens is 354 g/mol. The van der Waals surface area contributed by atoms with E-state index in [1.807, 2.05) is 74.3 Å². The third kappa shape index (κ3) is 4.22. The van der Waals surface area contributed by atoms with Gasteiger partial charge in [0, 0.05) is 24.2 Å². The third-order valence-electron chi connectivity index (χ3n) is 4.42. The molecule has 0 amide bonds. The van der Waals surface area contributed by atoms with Crippen LogP contribution in [0.25, 0.3) is 10.9 Å². The second kappa shape index (κ2) is 8.69. The molecule has 6 nitrogen and oxygen atoms in total. The van der Waals surface area contributed by atoms with E-state index in [9.17, 15) is 4.79 Å². The van der Waals surface area contributed by atoms with Crippen molar-refractivity contribution in [3.8, 4) is 5.75 Å². The number of hydrogen-bond donors (Lipinski definition) is 0. The molecule has 2 aromatic carbocycles. The SMILES string of the molecule is CCOC(=O)C(CC)Oc1cccc(N(C)c2nc(C)nc3ccccc23)c1. The van der Waals surface area contributed by atoms with E-state index in [0.29, 0.717) is 24.6 Å². The highest BCUT2D eigenvalue weighted by molar-refractivity contribution is 5.91. The molecule has 3 aromatic rings. The first kappa shape index (κ1) is 19.6. The van der Waals surface area contributed by atoms with Crippen molar-refractivity contribution in [2.45, 2.75) is 33.3 Å². The zero-order chi connectivity index (χ0) is 20.1. The Hall–Kier alpha value is -3.15. The van der Waals surface area contributed by atoms with Crippen molar-refractivity contribution in [3.05, 3.63) is 54.4 Å². The van der Waals surface area contributed by atoms with Crippen LogP contribution in [-0.2, 0) is 9.53 Å². The smallest absolute Gasteiger partial charge is 0.347 e. The van der Waals surface area contributed by atoms with Gasteiger partial charge in [-0.2, -0.15) is 0 Å². The molecule has 1 unspecified atom stereocenters. The van der Waals surface area contributed by atoms with Crippen LogP contribution < -0.4 is 9.64 Å². The van der Waals surface area contributed by atoms with Crippen LogP contribution in [0, 0.1) is 6.92 Å². The zero-order valence-corrected chi connectivity index (χ0v) is 16.7. The van der Waals surface area contributed by atoms with E-state index in [2.05, 4.69) is 9.97 Å². The number of aromatic nitrogens is 2. The van der Waals surface area contributed by atoms with E-state index in [0.717, 1.165) is 22.4 Å². The van der Waals surface area contributed by atoms with Crippen LogP contribution in [0.1, 0.15) is 26.1 Å². The fourth-order valence-electron chi connectivity index (χ4n) is 3.01. The van der Waals surface area contributed by atoms with E-state index in [-0.39, 0.29) is 5.97 Å². The molecule has 0 aliphatic rings. The summed E-state index contributed by atoms with van der Waals surface area (Å²) in [7, 11) is 1.95. The molecule has 0 saturated heterocycles. The maximum atomic E-state index is 12.0. The number of ether oxygens (including phenoxy) is 2. The van der Waals surface area contributed by atoms with Gasteiger partial charge in [-0.05, 0) is 44.5 Å². The predicted octanol–water partition coefficient (Wildman–Crippen LogP) is 4.43. The van der Waals surface area contributed by atoms with Gasteiger partial charge in [0.15, 0.2) is 6.10 Å². The Balaban J connectivity index is 1.91. The van der Waals surface area contributed by atoms with E-state index < -0.39 is 6.10 Å². The fraction of sp³-hybridized carbons (Fsp3) is 0.318. The van der Waals surface area contributed by atoms with Crippen molar-refractivity contribution in [3.63, 3.8) is 0 Å². The van der Waals surface area contributed by atoms with Crippen molar-refractivity contribution in [2.24, 2.45) is 0 Å². The number of carbonyl (C=O) groups excluding carboxylic acids is 1. The van der Waals surface area contributed by atoms with Gasteiger partial charge in [0.1, 0.15) is 17.4 Å². The highest BCUT2D eigenvalue weighted by Gasteiger charge is 2.20. The Bertz CT molecular complexity index is 974. The lowest BCUT2D eigenvalue weighted by Crippen LogP contribution is -2.28. The molecular formula is C22H25N3O3. The molecule has 0 saturated carbocycles. The van der Waals surface area contributed by atoms with Crippen LogP contribution >= 0.6 is 0 Å². The number of anilines is 2. The maximum absolute atomic E-state index is 12.0. The van der Waals surface area contributed by atoms with Crippen LogP contribution in [0.3, 0.4) is 0 Å². The van der Waals surface area contributed by atoms with Crippen molar-refractivity contribution in [1.82, 2.24) is 9.97 Å². The Morgan fingerprint density at radius 1 is 1.11 bits per heavy atom. The molecule has 6 heteroatoms. The minimum absolute atomic E-state index is 0.335. The summed E-state index contributed by atoms with van der Waals surface area (Å²) in [6.45, 7) is 5.90. The zero-order valence-electron chi connectivity index (χ0n) is 16.7. The number of benzene rings is 2. The molecule has 0 fully saturated rings. The largest absolute Gasteiger partial charge is 0.479 e. The molecule has 0 aliphatic heterocycles. The summed E-state index contributed by atoms with van der Waals surface area (Å²) in [6, 6.07) is 15.5. The first-order valence-corrected chi connectivity index (χ1v) is 9.44. The molecule has 1 aromatic heterocycles. The minimum atomic E-state index is -0.623. The van der Waals surface area contributed by atoms with Crippen LogP contribution in [0.15, 0.2) is 48.5 Å². The third-order valence-corrected chi connectivity index (χ3v) is 4.42. The van der Waals surface area contributed by atoms with Gasteiger partial charge in [-0.25, -0.2) is 14.8 Å². The Labute approximate surface area is 165 Å². The number of nitrogens with zero attached hydrogens (tertiary/aromatic N) is 3. The second-order valence-electron chi connectivity index (χ2n) is 6.43. The van der Waals surface area contributed by atoms with Gasteiger partial charge in [-0.1, -0.05) is 25.1 Å². The van der Waals surface area contributed by atoms with Gasteiger partial charge in [0.2, 0.25) is 0 Å². The van der Waals surface area contributed by atoms with E-state index in [1.54, 1.807) is 6.92 Å². The summed E-state index contributed by atoms with van der Waals surface area (Å²) in [5.41, 5.74) is 1.80. The Morgan fingerprint density at radius 2 is 1.89 bits per heavy atom. The fourth-order valence-corrected chi connectivity index (χ4v) is 3.01. The number of esters is 1. The topological polar surface area (TPSA) is 64.6 Å². The molecule has 0 N–H and O–H groups in total. The van der Waals surface area contributed by atoms with E-state index in [4.69, 9.17) is 9.47 Å². The average Bonchev–Trinajstić information content (AvgIpc) is 2.71. The summed E-state index contributed by atoms with van der Waals surface area (Å²) in [5.74, 6) is 1.79. The Morgan fingerprint density at radius 3 is 2.64 bits per heavy atom.